The largest absolute Gasteiger partial charge is 0.145 e. The fraction of sp³-hybridized carbons (Fsp3) is 1.00. The van der Waals surface area contributed by atoms with Gasteiger partial charge in [-0.1, -0.05) is 33.5 Å². The smallest absolute Gasteiger partial charge is 0.0748 e. The molecular weight excluding hydrogens is 212 g/mol. The van der Waals surface area contributed by atoms with Gasteiger partial charge in [0.1, 0.15) is 0 Å². The van der Waals surface area contributed by atoms with Crippen molar-refractivity contribution in [3.63, 3.8) is 0 Å². The number of hydrogen-bond acceptors (Lipinski definition) is 2. The highest BCUT2D eigenvalue weighted by atomic mass is 32.2. The number of thioether (sulfide) groups is 2. The monoisotopic (exact) mass is 234 g/mol. The van der Waals surface area contributed by atoms with E-state index in [0.717, 1.165) is 10.5 Å². The van der Waals surface area contributed by atoms with E-state index >= 15 is 0 Å². The lowest BCUT2D eigenvalue weighted by Gasteiger charge is -2.46. The summed E-state index contributed by atoms with van der Waals surface area (Å²) in [7, 11) is -1.04. The van der Waals surface area contributed by atoms with Crippen molar-refractivity contribution in [1.82, 2.24) is 0 Å². The maximum absolute atomic E-state index is 2.50. The van der Waals surface area contributed by atoms with Gasteiger partial charge >= 0.3 is 0 Å². The highest BCUT2D eigenvalue weighted by Crippen LogP contribution is 2.53. The molecule has 3 atom stereocenters. The fourth-order valence-electron chi connectivity index (χ4n) is 1.71. The molecule has 1 heterocycles. The van der Waals surface area contributed by atoms with Gasteiger partial charge in [-0.05, 0) is 13.3 Å². The number of hydrogen-bond donors (Lipinski definition) is 0. The molecule has 0 aromatic heterocycles. The van der Waals surface area contributed by atoms with Gasteiger partial charge < -0.3 is 0 Å². The van der Waals surface area contributed by atoms with Gasteiger partial charge in [0.15, 0.2) is 0 Å². The summed E-state index contributed by atoms with van der Waals surface area (Å²) >= 11 is 4.45. The van der Waals surface area contributed by atoms with E-state index in [-0.39, 0.29) is 0 Å². The van der Waals surface area contributed by atoms with Crippen LogP contribution >= 0.6 is 23.5 Å². The molecule has 0 N–H and O–H groups in total. The molecule has 1 fully saturated rings. The van der Waals surface area contributed by atoms with Crippen LogP contribution in [-0.2, 0) is 0 Å². The Hall–Kier alpha value is 0.917. The first-order chi connectivity index (χ1) is 5.74. The first-order valence-corrected chi connectivity index (χ1v) is 10.4. The Labute approximate surface area is 92.6 Å². The van der Waals surface area contributed by atoms with E-state index in [1.165, 1.54) is 6.42 Å². The van der Waals surface area contributed by atoms with Crippen LogP contribution in [0.25, 0.3) is 0 Å². The molecule has 0 bridgehead atoms. The Morgan fingerprint density at radius 1 is 1.08 bits per heavy atom. The third-order valence-corrected chi connectivity index (χ3v) is 12.7. The van der Waals surface area contributed by atoms with E-state index in [1.54, 1.807) is 0 Å². The van der Waals surface area contributed by atoms with Crippen molar-refractivity contribution in [2.45, 2.75) is 61.0 Å². The average molecular weight is 235 g/mol. The van der Waals surface area contributed by atoms with Gasteiger partial charge in [0, 0.05) is 10.5 Å². The van der Waals surface area contributed by atoms with Crippen LogP contribution < -0.4 is 0 Å². The lowest BCUT2D eigenvalue weighted by molar-refractivity contribution is 0.785. The second-order valence-corrected chi connectivity index (χ2v) is 15.5. The average Bonchev–Trinajstić information content (AvgIpc) is 1.79. The van der Waals surface area contributed by atoms with Gasteiger partial charge in [0.25, 0.3) is 0 Å². The summed E-state index contributed by atoms with van der Waals surface area (Å²) in [6.45, 7) is 14.7. The Bertz CT molecular complexity index is 176. The molecule has 0 nitrogen and oxygen atoms in total. The van der Waals surface area contributed by atoms with Crippen molar-refractivity contribution >= 4 is 31.6 Å². The van der Waals surface area contributed by atoms with E-state index < -0.39 is 8.07 Å². The quantitative estimate of drug-likeness (QED) is 0.623. The lowest BCUT2D eigenvalue weighted by Crippen LogP contribution is -2.48. The van der Waals surface area contributed by atoms with Crippen molar-refractivity contribution in [3.8, 4) is 0 Å². The minimum Gasteiger partial charge on any atom is -0.145 e. The van der Waals surface area contributed by atoms with E-state index in [2.05, 4.69) is 63.9 Å². The molecule has 1 saturated heterocycles. The van der Waals surface area contributed by atoms with Crippen LogP contribution in [0.15, 0.2) is 0 Å². The summed E-state index contributed by atoms with van der Waals surface area (Å²) in [5, 5.41) is 1.71. The van der Waals surface area contributed by atoms with Crippen LogP contribution in [0.1, 0.15) is 27.2 Å². The molecule has 0 radical (unpaired) electrons. The molecule has 0 aromatic rings. The molecule has 0 amide bonds. The van der Waals surface area contributed by atoms with Crippen LogP contribution in [0.3, 0.4) is 0 Å². The van der Waals surface area contributed by atoms with Crippen LogP contribution in [0.5, 0.6) is 0 Å². The molecule has 0 spiro atoms. The summed E-state index contributed by atoms with van der Waals surface area (Å²) in [6.07, 6.45) is 1.38. The van der Waals surface area contributed by atoms with Gasteiger partial charge in [-0.3, -0.25) is 0 Å². The summed E-state index contributed by atoms with van der Waals surface area (Å²) in [4.78, 5) is 0. The third kappa shape index (κ3) is 2.69. The molecule has 78 valence electrons. The molecule has 0 aliphatic carbocycles. The minimum absolute atomic E-state index is 0.532. The summed E-state index contributed by atoms with van der Waals surface area (Å²) in [5.74, 6) is 0. The second-order valence-electron chi connectivity index (χ2n) is 5.29. The van der Waals surface area contributed by atoms with E-state index in [4.69, 9.17) is 0 Å². The van der Waals surface area contributed by atoms with Gasteiger partial charge in [0.05, 0.1) is 11.8 Å². The molecule has 0 saturated carbocycles. The summed E-state index contributed by atoms with van der Waals surface area (Å²) in [6, 6.07) is 0. The Balaban J connectivity index is 2.78. The fourth-order valence-corrected chi connectivity index (χ4v) is 9.38. The normalized spacial score (nSPS) is 42.0. The topological polar surface area (TPSA) is 0 Å². The van der Waals surface area contributed by atoms with Crippen molar-refractivity contribution < 1.29 is 0 Å². The first-order valence-electron chi connectivity index (χ1n) is 5.10. The van der Waals surface area contributed by atoms with Crippen LogP contribution in [0.4, 0.5) is 0 Å². The van der Waals surface area contributed by atoms with Gasteiger partial charge in [-0.15, -0.1) is 23.5 Å². The zero-order valence-corrected chi connectivity index (χ0v) is 12.3. The molecule has 3 heteroatoms. The van der Waals surface area contributed by atoms with Gasteiger partial charge in [0.2, 0.25) is 0 Å². The van der Waals surface area contributed by atoms with Gasteiger partial charge in [-0.25, -0.2) is 0 Å². The predicted molar refractivity (Wildman–Crippen MR) is 70.5 cm³/mol. The number of rotatable bonds is 1. The van der Waals surface area contributed by atoms with E-state index in [0.29, 0.717) is 3.70 Å². The Kier molecular flexibility index (Phi) is 3.52. The molecule has 1 aliphatic heterocycles. The summed E-state index contributed by atoms with van der Waals surface area (Å²) < 4.78 is 0.532. The molecule has 1 aliphatic rings. The van der Waals surface area contributed by atoms with Gasteiger partial charge in [-0.2, -0.15) is 0 Å². The SMILES string of the molecule is C[C@@H]1C[C@H](C)SC(C)([Si](C)(C)C)S1. The zero-order valence-electron chi connectivity index (χ0n) is 9.68. The maximum Gasteiger partial charge on any atom is 0.0748 e. The third-order valence-electron chi connectivity index (χ3n) is 2.88. The van der Waals surface area contributed by atoms with Crippen molar-refractivity contribution in [2.75, 3.05) is 0 Å². The van der Waals surface area contributed by atoms with Crippen LogP contribution in [-0.4, -0.2) is 22.3 Å². The second kappa shape index (κ2) is 3.82. The summed E-state index contributed by atoms with van der Waals surface area (Å²) in [5.41, 5.74) is 0. The molecule has 1 rings (SSSR count). The molecule has 13 heavy (non-hydrogen) atoms. The van der Waals surface area contributed by atoms with E-state index in [1.807, 2.05) is 0 Å². The van der Waals surface area contributed by atoms with Crippen molar-refractivity contribution in [3.05, 3.63) is 0 Å². The first kappa shape index (κ1) is 12.0. The van der Waals surface area contributed by atoms with E-state index in [9.17, 15) is 0 Å². The highest BCUT2D eigenvalue weighted by Gasteiger charge is 2.45. The highest BCUT2D eigenvalue weighted by molar-refractivity contribution is 8.21. The molecular formula is C10H22S2Si. The molecule has 1 unspecified atom stereocenters. The standard InChI is InChI=1S/C10H22S2Si/c1-8-7-9(2)12-10(3,11-8)13(4,5)6/h8-9H,7H2,1-6H3/t8-,9+,10?. The minimum atomic E-state index is -1.04. The Morgan fingerprint density at radius 2 is 1.46 bits per heavy atom. The lowest BCUT2D eigenvalue weighted by atomic mass is 10.3. The van der Waals surface area contributed by atoms with Crippen molar-refractivity contribution in [1.29, 1.82) is 0 Å². The maximum atomic E-state index is 2.50. The van der Waals surface area contributed by atoms with Crippen LogP contribution in [0.2, 0.25) is 19.6 Å². The Morgan fingerprint density at radius 3 is 1.77 bits per heavy atom. The van der Waals surface area contributed by atoms with Crippen LogP contribution in [0, 0.1) is 0 Å². The molecule has 0 aromatic carbocycles. The predicted octanol–water partition coefficient (Wildman–Crippen LogP) is 4.23. The zero-order chi connectivity index (χ0) is 10.3. The van der Waals surface area contributed by atoms with Crippen molar-refractivity contribution in [2.24, 2.45) is 0 Å².